The Morgan fingerprint density at radius 2 is 2.20 bits per heavy atom. The van der Waals surface area contributed by atoms with Crippen LogP contribution in [-0.4, -0.2) is 12.5 Å². The summed E-state index contributed by atoms with van der Waals surface area (Å²) >= 11 is 0. The molecule has 0 aliphatic carbocycles. The first-order valence-corrected chi connectivity index (χ1v) is 7.31. The average molecular weight is 272 g/mol. The molecule has 0 saturated carbocycles. The number of carbonyl (C=O) groups is 1. The van der Waals surface area contributed by atoms with Crippen molar-refractivity contribution < 1.29 is 4.79 Å². The molecule has 108 valence electrons. The largest absolute Gasteiger partial charge is 0.326 e. The quantitative estimate of drug-likeness (QED) is 0.782. The second-order valence-corrected chi connectivity index (χ2v) is 4.82. The van der Waals surface area contributed by atoms with Gasteiger partial charge in [-0.05, 0) is 31.0 Å². The Kier molecular flexibility index (Phi) is 7.46. The van der Waals surface area contributed by atoms with Crippen LogP contribution in [0, 0.1) is 17.8 Å². The highest BCUT2D eigenvalue weighted by Gasteiger charge is 2.15. The lowest BCUT2D eigenvalue weighted by Crippen LogP contribution is -2.22. The maximum absolute atomic E-state index is 12.2. The van der Waals surface area contributed by atoms with Crippen molar-refractivity contribution in [2.24, 2.45) is 11.7 Å². The number of anilines is 1. The fourth-order valence-corrected chi connectivity index (χ4v) is 2.04. The number of hydrogen-bond donors (Lipinski definition) is 2. The molecule has 0 aliphatic heterocycles. The second kappa shape index (κ2) is 9.17. The Balaban J connectivity index is 2.69. The van der Waals surface area contributed by atoms with Crippen molar-refractivity contribution in [1.82, 2.24) is 0 Å². The van der Waals surface area contributed by atoms with E-state index < -0.39 is 0 Å². The molecule has 0 saturated heterocycles. The van der Waals surface area contributed by atoms with Crippen LogP contribution in [0.3, 0.4) is 0 Å². The van der Waals surface area contributed by atoms with E-state index in [1.54, 1.807) is 0 Å². The van der Waals surface area contributed by atoms with Gasteiger partial charge in [0.25, 0.3) is 0 Å². The Labute approximate surface area is 121 Å². The highest BCUT2D eigenvalue weighted by atomic mass is 16.1. The zero-order valence-corrected chi connectivity index (χ0v) is 12.4. The van der Waals surface area contributed by atoms with Gasteiger partial charge in [0, 0.05) is 17.2 Å². The van der Waals surface area contributed by atoms with Crippen LogP contribution in [0.5, 0.6) is 0 Å². The van der Waals surface area contributed by atoms with Crippen LogP contribution in [0.4, 0.5) is 5.69 Å². The number of benzene rings is 1. The summed E-state index contributed by atoms with van der Waals surface area (Å²) in [5.74, 6) is 5.97. The van der Waals surface area contributed by atoms with Gasteiger partial charge in [-0.2, -0.15) is 0 Å². The summed E-state index contributed by atoms with van der Waals surface area (Å²) in [6.45, 7) is 4.54. The second-order valence-electron chi connectivity index (χ2n) is 4.82. The molecule has 3 nitrogen and oxygen atoms in total. The third-order valence-electron chi connectivity index (χ3n) is 3.23. The maximum Gasteiger partial charge on any atom is 0.227 e. The van der Waals surface area contributed by atoms with Gasteiger partial charge < -0.3 is 11.1 Å². The van der Waals surface area contributed by atoms with Crippen molar-refractivity contribution >= 4 is 11.6 Å². The van der Waals surface area contributed by atoms with E-state index in [1.807, 2.05) is 24.3 Å². The molecule has 0 radical (unpaired) electrons. The third kappa shape index (κ3) is 5.46. The first-order chi connectivity index (χ1) is 9.71. The Hall–Kier alpha value is -1.79. The molecule has 1 rings (SSSR count). The molecule has 0 aromatic heterocycles. The topological polar surface area (TPSA) is 55.1 Å². The highest BCUT2D eigenvalue weighted by molar-refractivity contribution is 5.92. The molecule has 1 atom stereocenters. The molecule has 3 N–H and O–H groups in total. The zero-order chi connectivity index (χ0) is 14.8. The standard InChI is InChI=1S/C17H24N2O/c1-3-5-10-15(4-2)17(20)19-16-11-6-8-14(13-16)9-7-12-18/h6,8,11,13,15H,3-5,10,12,18H2,1-2H3,(H,19,20). The Morgan fingerprint density at radius 3 is 2.85 bits per heavy atom. The predicted octanol–water partition coefficient (Wildman–Crippen LogP) is 3.15. The van der Waals surface area contributed by atoms with Crippen molar-refractivity contribution in [3.63, 3.8) is 0 Å². The monoisotopic (exact) mass is 272 g/mol. The lowest BCUT2D eigenvalue weighted by molar-refractivity contribution is -0.120. The van der Waals surface area contributed by atoms with Crippen LogP contribution in [0.25, 0.3) is 0 Å². The van der Waals surface area contributed by atoms with E-state index >= 15 is 0 Å². The lowest BCUT2D eigenvalue weighted by atomic mass is 9.98. The molecule has 0 spiro atoms. The molecule has 0 heterocycles. The molecule has 0 bridgehead atoms. The molecule has 3 heteroatoms. The van der Waals surface area contributed by atoms with Crippen LogP contribution in [0.15, 0.2) is 24.3 Å². The van der Waals surface area contributed by atoms with Gasteiger partial charge in [-0.25, -0.2) is 0 Å². The Bertz CT molecular complexity index is 485. The van der Waals surface area contributed by atoms with Gasteiger partial charge in [-0.3, -0.25) is 4.79 Å². The summed E-state index contributed by atoms with van der Waals surface area (Å²) in [5, 5.41) is 2.98. The van der Waals surface area contributed by atoms with Crippen molar-refractivity contribution in [2.45, 2.75) is 39.5 Å². The fraction of sp³-hybridized carbons (Fsp3) is 0.471. The van der Waals surface area contributed by atoms with Crippen LogP contribution in [0.1, 0.15) is 45.1 Å². The average Bonchev–Trinajstić information content (AvgIpc) is 2.46. The van der Waals surface area contributed by atoms with Crippen LogP contribution < -0.4 is 11.1 Å². The number of amides is 1. The van der Waals surface area contributed by atoms with Crippen LogP contribution in [0.2, 0.25) is 0 Å². The molecule has 0 aliphatic rings. The SMILES string of the molecule is CCCCC(CC)C(=O)Nc1cccc(C#CCN)c1. The molecular weight excluding hydrogens is 248 g/mol. The smallest absolute Gasteiger partial charge is 0.227 e. The number of unbranched alkanes of at least 4 members (excludes halogenated alkanes) is 1. The maximum atomic E-state index is 12.2. The number of rotatable bonds is 6. The Morgan fingerprint density at radius 1 is 1.40 bits per heavy atom. The van der Waals surface area contributed by atoms with E-state index in [1.165, 1.54) is 0 Å². The summed E-state index contributed by atoms with van der Waals surface area (Å²) in [5.41, 5.74) is 7.03. The van der Waals surface area contributed by atoms with Crippen molar-refractivity contribution in [1.29, 1.82) is 0 Å². The number of nitrogens with one attached hydrogen (secondary N) is 1. The van der Waals surface area contributed by atoms with Crippen molar-refractivity contribution in [3.8, 4) is 11.8 Å². The third-order valence-corrected chi connectivity index (χ3v) is 3.23. The van der Waals surface area contributed by atoms with Crippen LogP contribution in [-0.2, 0) is 4.79 Å². The summed E-state index contributed by atoms with van der Waals surface area (Å²) in [4.78, 5) is 12.2. The zero-order valence-electron chi connectivity index (χ0n) is 12.4. The summed E-state index contributed by atoms with van der Waals surface area (Å²) in [6, 6.07) is 7.57. The minimum absolute atomic E-state index is 0.0914. The van der Waals surface area contributed by atoms with Gasteiger partial charge in [-0.15, -0.1) is 0 Å². The van der Waals surface area contributed by atoms with Gasteiger partial charge in [-0.1, -0.05) is 44.6 Å². The van der Waals surface area contributed by atoms with E-state index in [9.17, 15) is 4.79 Å². The summed E-state index contributed by atoms with van der Waals surface area (Å²) in [6.07, 6.45) is 4.03. The van der Waals surface area contributed by atoms with Gasteiger partial charge in [0.15, 0.2) is 0 Å². The molecule has 0 fully saturated rings. The van der Waals surface area contributed by atoms with Gasteiger partial charge >= 0.3 is 0 Å². The lowest BCUT2D eigenvalue weighted by Gasteiger charge is -2.14. The fourth-order valence-electron chi connectivity index (χ4n) is 2.04. The molecule has 20 heavy (non-hydrogen) atoms. The van der Waals surface area contributed by atoms with E-state index in [0.717, 1.165) is 36.9 Å². The molecule has 1 unspecified atom stereocenters. The summed E-state index contributed by atoms with van der Waals surface area (Å²) in [7, 11) is 0. The number of carbonyl (C=O) groups excluding carboxylic acids is 1. The molecule has 1 aromatic rings. The van der Waals surface area contributed by atoms with Gasteiger partial charge in [0.2, 0.25) is 5.91 Å². The van der Waals surface area contributed by atoms with E-state index in [0.29, 0.717) is 6.54 Å². The summed E-state index contributed by atoms with van der Waals surface area (Å²) < 4.78 is 0. The van der Waals surface area contributed by atoms with Crippen molar-refractivity contribution in [2.75, 3.05) is 11.9 Å². The van der Waals surface area contributed by atoms with Crippen molar-refractivity contribution in [3.05, 3.63) is 29.8 Å². The minimum Gasteiger partial charge on any atom is -0.326 e. The first kappa shape index (κ1) is 16.3. The molecule has 1 amide bonds. The van der Waals surface area contributed by atoms with Gasteiger partial charge in [0.05, 0.1) is 6.54 Å². The predicted molar refractivity (Wildman–Crippen MR) is 84.3 cm³/mol. The van der Waals surface area contributed by atoms with Gasteiger partial charge in [0.1, 0.15) is 0 Å². The first-order valence-electron chi connectivity index (χ1n) is 7.31. The normalized spacial score (nSPS) is 11.3. The van der Waals surface area contributed by atoms with E-state index in [4.69, 9.17) is 5.73 Å². The van der Waals surface area contributed by atoms with Crippen LogP contribution >= 0.6 is 0 Å². The minimum atomic E-state index is 0.0914. The highest BCUT2D eigenvalue weighted by Crippen LogP contribution is 2.17. The van der Waals surface area contributed by atoms with E-state index in [2.05, 4.69) is 31.0 Å². The van der Waals surface area contributed by atoms with E-state index in [-0.39, 0.29) is 11.8 Å². The molecular formula is C17H24N2O. The number of hydrogen-bond acceptors (Lipinski definition) is 2. The number of nitrogens with two attached hydrogens (primary N) is 1. The molecule has 1 aromatic carbocycles.